The van der Waals surface area contributed by atoms with Crippen molar-refractivity contribution in [2.45, 2.75) is 6.61 Å². The second kappa shape index (κ2) is 9.77. The van der Waals surface area contributed by atoms with E-state index in [-0.39, 0.29) is 5.69 Å². The number of allylic oxidation sites excluding steroid dienone is 1. The molecule has 8 heteroatoms. The Morgan fingerprint density at radius 1 is 1.13 bits per heavy atom. The summed E-state index contributed by atoms with van der Waals surface area (Å²) in [6.45, 7) is 0.307. The van der Waals surface area contributed by atoms with Crippen LogP contribution in [0.5, 0.6) is 5.75 Å². The van der Waals surface area contributed by atoms with E-state index < -0.39 is 4.92 Å². The van der Waals surface area contributed by atoms with E-state index in [9.17, 15) is 15.4 Å². The summed E-state index contributed by atoms with van der Waals surface area (Å²) in [4.78, 5) is 10.5. The lowest BCUT2D eigenvalue weighted by Crippen LogP contribution is -1.96. The standard InChI is InChI=1S/C22H13BrCl2N2O3/c23-19-9-14(8-17(12-26)16-2-1-3-18(11-16)27(28)29)5-7-22(19)30-13-15-4-6-20(24)21(25)10-15/h1-11H,13H2/b17-8-. The maximum atomic E-state index is 11.0. The smallest absolute Gasteiger partial charge is 0.270 e. The molecule has 3 aromatic rings. The molecular formula is C22H13BrCl2N2O3. The van der Waals surface area contributed by atoms with Gasteiger partial charge >= 0.3 is 0 Å². The summed E-state index contributed by atoms with van der Waals surface area (Å²) in [6.07, 6.45) is 1.66. The molecule has 0 aliphatic rings. The summed E-state index contributed by atoms with van der Waals surface area (Å²) in [6, 6.07) is 18.7. The number of halogens is 3. The predicted molar refractivity (Wildman–Crippen MR) is 122 cm³/mol. The number of nitrogens with zero attached hydrogens (tertiary/aromatic N) is 2. The van der Waals surface area contributed by atoms with E-state index in [4.69, 9.17) is 27.9 Å². The fraction of sp³-hybridized carbons (Fsp3) is 0.0455. The van der Waals surface area contributed by atoms with E-state index in [1.807, 2.05) is 6.07 Å². The van der Waals surface area contributed by atoms with Gasteiger partial charge in [-0.15, -0.1) is 0 Å². The fourth-order valence-electron chi connectivity index (χ4n) is 2.65. The van der Waals surface area contributed by atoms with Gasteiger partial charge in [0, 0.05) is 12.1 Å². The van der Waals surface area contributed by atoms with Gasteiger partial charge in [0.05, 0.1) is 31.1 Å². The molecule has 0 saturated carbocycles. The van der Waals surface area contributed by atoms with Crippen LogP contribution in [0.3, 0.4) is 0 Å². The van der Waals surface area contributed by atoms with E-state index in [0.717, 1.165) is 11.1 Å². The Kier molecular flexibility index (Phi) is 7.11. The first-order valence-electron chi connectivity index (χ1n) is 8.60. The first-order chi connectivity index (χ1) is 14.4. The van der Waals surface area contributed by atoms with Crippen LogP contribution >= 0.6 is 39.1 Å². The molecule has 0 spiro atoms. The highest BCUT2D eigenvalue weighted by Crippen LogP contribution is 2.30. The van der Waals surface area contributed by atoms with Crippen molar-refractivity contribution in [3.8, 4) is 11.8 Å². The third kappa shape index (κ3) is 5.39. The molecule has 0 N–H and O–H groups in total. The fourth-order valence-corrected chi connectivity index (χ4v) is 3.48. The Bertz CT molecular complexity index is 1190. The Labute approximate surface area is 191 Å². The van der Waals surface area contributed by atoms with Gasteiger partial charge in [0.1, 0.15) is 12.4 Å². The van der Waals surface area contributed by atoms with Crippen molar-refractivity contribution in [2.75, 3.05) is 0 Å². The molecule has 0 aliphatic heterocycles. The number of nitro benzene ring substituents is 1. The highest BCUT2D eigenvalue weighted by atomic mass is 79.9. The topological polar surface area (TPSA) is 76.2 Å². The molecule has 0 atom stereocenters. The summed E-state index contributed by atoms with van der Waals surface area (Å²) >= 11 is 15.4. The number of nitro groups is 1. The predicted octanol–water partition coefficient (Wildman–Crippen LogP) is 7.31. The van der Waals surface area contributed by atoms with Gasteiger partial charge in [-0.3, -0.25) is 10.1 Å². The Morgan fingerprint density at radius 3 is 2.60 bits per heavy atom. The van der Waals surface area contributed by atoms with Gasteiger partial charge in [-0.2, -0.15) is 5.26 Å². The number of ether oxygens (including phenoxy) is 1. The van der Waals surface area contributed by atoms with Crippen molar-refractivity contribution in [3.63, 3.8) is 0 Å². The summed E-state index contributed by atoms with van der Waals surface area (Å²) < 4.78 is 6.52. The van der Waals surface area contributed by atoms with E-state index in [2.05, 4.69) is 22.0 Å². The largest absolute Gasteiger partial charge is 0.488 e. The molecular weight excluding hydrogens is 491 g/mol. The van der Waals surface area contributed by atoms with Crippen LogP contribution < -0.4 is 4.74 Å². The van der Waals surface area contributed by atoms with E-state index >= 15 is 0 Å². The highest BCUT2D eigenvalue weighted by molar-refractivity contribution is 9.10. The molecule has 0 fully saturated rings. The first kappa shape index (κ1) is 21.8. The molecule has 3 rings (SSSR count). The van der Waals surface area contributed by atoms with Crippen molar-refractivity contribution in [2.24, 2.45) is 0 Å². The highest BCUT2D eigenvalue weighted by Gasteiger charge is 2.10. The number of nitriles is 1. The maximum absolute atomic E-state index is 11.0. The molecule has 0 aromatic heterocycles. The van der Waals surface area contributed by atoms with Crippen molar-refractivity contribution >= 4 is 56.5 Å². The van der Waals surface area contributed by atoms with Gasteiger partial charge in [-0.25, -0.2) is 0 Å². The van der Waals surface area contributed by atoms with Gasteiger partial charge in [0.25, 0.3) is 5.69 Å². The first-order valence-corrected chi connectivity index (χ1v) is 10.1. The third-order valence-electron chi connectivity index (χ3n) is 4.13. The Morgan fingerprint density at radius 2 is 1.93 bits per heavy atom. The van der Waals surface area contributed by atoms with Crippen molar-refractivity contribution < 1.29 is 9.66 Å². The second-order valence-electron chi connectivity index (χ2n) is 6.20. The van der Waals surface area contributed by atoms with Crippen molar-refractivity contribution in [1.29, 1.82) is 5.26 Å². The van der Waals surface area contributed by atoms with Crippen LogP contribution in [0.1, 0.15) is 16.7 Å². The van der Waals surface area contributed by atoms with Crippen LogP contribution in [-0.2, 0) is 6.61 Å². The van der Waals surface area contributed by atoms with Crippen molar-refractivity contribution in [1.82, 2.24) is 0 Å². The average Bonchev–Trinajstić information content (AvgIpc) is 2.73. The Hall–Kier alpha value is -2.85. The molecule has 0 heterocycles. The summed E-state index contributed by atoms with van der Waals surface area (Å²) in [5, 5.41) is 21.4. The molecule has 0 amide bonds. The molecule has 5 nitrogen and oxygen atoms in total. The normalized spacial score (nSPS) is 11.1. The minimum absolute atomic E-state index is 0.0686. The SMILES string of the molecule is N#C/C(=C/c1ccc(OCc2ccc(Cl)c(Cl)c2)c(Br)c1)c1cccc([N+](=O)[O-])c1. The van der Waals surface area contributed by atoms with E-state index in [1.165, 1.54) is 12.1 Å². The van der Waals surface area contributed by atoms with Gasteiger partial charge in [0.2, 0.25) is 0 Å². The molecule has 150 valence electrons. The maximum Gasteiger partial charge on any atom is 0.270 e. The van der Waals surface area contributed by atoms with Crippen LogP contribution in [0, 0.1) is 21.4 Å². The minimum Gasteiger partial charge on any atom is -0.488 e. The zero-order valence-corrected chi connectivity index (χ0v) is 18.4. The number of benzene rings is 3. The van der Waals surface area contributed by atoms with Gasteiger partial charge in [-0.05, 0) is 63.0 Å². The lowest BCUT2D eigenvalue weighted by atomic mass is 10.0. The number of hydrogen-bond donors (Lipinski definition) is 0. The van der Waals surface area contributed by atoms with Gasteiger partial charge in [-0.1, -0.05) is 47.5 Å². The summed E-state index contributed by atoms with van der Waals surface area (Å²) in [5.41, 5.74) is 2.34. The molecule has 30 heavy (non-hydrogen) atoms. The molecule has 0 saturated heterocycles. The molecule has 0 aliphatic carbocycles. The van der Waals surface area contributed by atoms with E-state index in [1.54, 1.807) is 48.5 Å². The minimum atomic E-state index is -0.491. The van der Waals surface area contributed by atoms with Crippen LogP contribution in [0.15, 0.2) is 65.1 Å². The van der Waals surface area contributed by atoms with Crippen LogP contribution in [0.2, 0.25) is 10.0 Å². The monoisotopic (exact) mass is 502 g/mol. The molecule has 0 radical (unpaired) electrons. The van der Waals surface area contributed by atoms with Crippen molar-refractivity contribution in [3.05, 3.63) is 102 Å². The zero-order valence-electron chi connectivity index (χ0n) is 15.3. The van der Waals surface area contributed by atoms with Gasteiger partial charge < -0.3 is 4.74 Å². The van der Waals surface area contributed by atoms with Crippen LogP contribution in [-0.4, -0.2) is 4.92 Å². The quantitative estimate of drug-likeness (QED) is 0.153. The van der Waals surface area contributed by atoms with E-state index in [0.29, 0.717) is 38.0 Å². The second-order valence-corrected chi connectivity index (χ2v) is 7.87. The third-order valence-corrected chi connectivity index (χ3v) is 5.49. The average molecular weight is 504 g/mol. The zero-order chi connectivity index (χ0) is 21.7. The molecule has 0 bridgehead atoms. The molecule has 3 aromatic carbocycles. The summed E-state index contributed by atoms with van der Waals surface area (Å²) in [5.74, 6) is 0.618. The lowest BCUT2D eigenvalue weighted by Gasteiger charge is -2.10. The number of hydrogen-bond acceptors (Lipinski definition) is 4. The number of rotatable bonds is 6. The van der Waals surface area contributed by atoms with Gasteiger partial charge in [0.15, 0.2) is 0 Å². The van der Waals surface area contributed by atoms with Crippen LogP contribution in [0.4, 0.5) is 5.69 Å². The Balaban J connectivity index is 1.79. The van der Waals surface area contributed by atoms with Crippen LogP contribution in [0.25, 0.3) is 11.6 Å². The lowest BCUT2D eigenvalue weighted by molar-refractivity contribution is -0.384. The number of non-ortho nitro benzene ring substituents is 1. The molecule has 0 unspecified atom stereocenters. The summed E-state index contributed by atoms with van der Waals surface area (Å²) in [7, 11) is 0.